The Hall–Kier alpha value is -1.96. The highest BCUT2D eigenvalue weighted by Gasteiger charge is 2.24. The van der Waals surface area contributed by atoms with Crippen LogP contribution in [0.2, 0.25) is 0 Å². The van der Waals surface area contributed by atoms with Crippen molar-refractivity contribution in [2.24, 2.45) is 0 Å². The molecular formula is C12H16N2O5S. The molecule has 20 heavy (non-hydrogen) atoms. The van der Waals surface area contributed by atoms with Crippen molar-refractivity contribution >= 4 is 28.2 Å². The van der Waals surface area contributed by atoms with Gasteiger partial charge in [0.15, 0.2) is 0 Å². The lowest BCUT2D eigenvalue weighted by molar-refractivity contribution is -0.380. The summed E-state index contributed by atoms with van der Waals surface area (Å²) in [6.45, 7) is 5.27. The molecule has 0 fully saturated rings. The van der Waals surface area contributed by atoms with Gasteiger partial charge in [-0.25, -0.2) is 0 Å². The van der Waals surface area contributed by atoms with Crippen molar-refractivity contribution < 1.29 is 19.2 Å². The van der Waals surface area contributed by atoms with E-state index in [0.717, 1.165) is 11.3 Å². The van der Waals surface area contributed by atoms with Gasteiger partial charge < -0.3 is 9.64 Å². The Labute approximate surface area is 120 Å². The summed E-state index contributed by atoms with van der Waals surface area (Å²) in [5.74, 6) is -0.920. The van der Waals surface area contributed by atoms with Crippen molar-refractivity contribution in [2.75, 3.05) is 13.2 Å². The Kier molecular flexibility index (Phi) is 5.63. The van der Waals surface area contributed by atoms with Crippen LogP contribution in [0.3, 0.4) is 0 Å². The zero-order valence-electron chi connectivity index (χ0n) is 11.5. The smallest absolute Gasteiger partial charge is 0.325 e. The van der Waals surface area contributed by atoms with E-state index in [9.17, 15) is 19.7 Å². The molecular weight excluding hydrogens is 284 g/mol. The summed E-state index contributed by atoms with van der Waals surface area (Å²) in [7, 11) is 0. The van der Waals surface area contributed by atoms with Crippen LogP contribution in [0.4, 0.5) is 5.00 Å². The van der Waals surface area contributed by atoms with Crippen LogP contribution in [0.15, 0.2) is 11.4 Å². The molecule has 0 saturated carbocycles. The molecule has 0 unspecified atom stereocenters. The van der Waals surface area contributed by atoms with Crippen LogP contribution in [-0.4, -0.2) is 40.9 Å². The first-order chi connectivity index (χ1) is 9.36. The van der Waals surface area contributed by atoms with Gasteiger partial charge in [-0.1, -0.05) is 11.3 Å². The minimum atomic E-state index is -0.549. The maximum absolute atomic E-state index is 12.3. The predicted octanol–water partition coefficient (Wildman–Crippen LogP) is 2.07. The molecule has 0 aliphatic heterocycles. The monoisotopic (exact) mass is 300 g/mol. The first-order valence-corrected chi connectivity index (χ1v) is 6.94. The van der Waals surface area contributed by atoms with E-state index in [1.54, 1.807) is 20.8 Å². The molecule has 1 amide bonds. The molecule has 0 aliphatic carbocycles. The second-order valence-electron chi connectivity index (χ2n) is 4.26. The van der Waals surface area contributed by atoms with Crippen LogP contribution in [-0.2, 0) is 9.53 Å². The number of amides is 1. The van der Waals surface area contributed by atoms with Gasteiger partial charge in [-0.05, 0) is 20.8 Å². The Morgan fingerprint density at radius 2 is 2.15 bits per heavy atom. The van der Waals surface area contributed by atoms with Gasteiger partial charge in [0.2, 0.25) is 0 Å². The van der Waals surface area contributed by atoms with Crippen molar-refractivity contribution in [2.45, 2.75) is 26.8 Å². The Morgan fingerprint density at radius 3 is 2.60 bits per heavy atom. The topological polar surface area (TPSA) is 89.8 Å². The van der Waals surface area contributed by atoms with E-state index in [1.807, 2.05) is 0 Å². The third kappa shape index (κ3) is 4.02. The number of esters is 1. The van der Waals surface area contributed by atoms with Gasteiger partial charge in [0, 0.05) is 17.5 Å². The van der Waals surface area contributed by atoms with Crippen molar-refractivity contribution in [3.63, 3.8) is 0 Å². The molecule has 0 saturated heterocycles. The van der Waals surface area contributed by atoms with Crippen LogP contribution < -0.4 is 0 Å². The van der Waals surface area contributed by atoms with Crippen LogP contribution in [0.1, 0.15) is 31.1 Å². The Balaban J connectivity index is 2.87. The summed E-state index contributed by atoms with van der Waals surface area (Å²) in [5, 5.41) is 11.9. The number of nitrogens with zero attached hydrogens (tertiary/aromatic N) is 2. The fourth-order valence-electron chi connectivity index (χ4n) is 1.53. The number of carbonyl (C=O) groups excluding carboxylic acids is 2. The fourth-order valence-corrected chi connectivity index (χ4v) is 2.23. The maximum atomic E-state index is 12.3. The molecule has 1 rings (SSSR count). The van der Waals surface area contributed by atoms with E-state index >= 15 is 0 Å². The number of carbonyl (C=O) groups is 2. The number of hydrogen-bond donors (Lipinski definition) is 0. The molecule has 1 aromatic rings. The standard InChI is InChI=1S/C12H16N2O5S/c1-4-19-11(15)6-13(8(2)3)12(16)9-5-10(14(17)18)20-7-9/h5,7-8H,4,6H2,1-3H3. The molecule has 0 aromatic carbocycles. The minimum Gasteiger partial charge on any atom is -0.465 e. The first kappa shape index (κ1) is 16.1. The third-order valence-corrected chi connectivity index (χ3v) is 3.38. The van der Waals surface area contributed by atoms with Gasteiger partial charge in [0.05, 0.1) is 17.1 Å². The number of nitro groups is 1. The molecule has 1 aromatic heterocycles. The zero-order chi connectivity index (χ0) is 15.3. The summed E-state index contributed by atoms with van der Waals surface area (Å²) in [5.41, 5.74) is 0.208. The van der Waals surface area contributed by atoms with Crippen LogP contribution in [0, 0.1) is 10.1 Å². The van der Waals surface area contributed by atoms with Gasteiger partial charge >= 0.3 is 11.0 Å². The molecule has 110 valence electrons. The summed E-state index contributed by atoms with van der Waals surface area (Å²) in [6.07, 6.45) is 0. The molecule has 0 N–H and O–H groups in total. The van der Waals surface area contributed by atoms with E-state index in [2.05, 4.69) is 0 Å². The third-order valence-electron chi connectivity index (χ3n) is 2.50. The van der Waals surface area contributed by atoms with Crippen molar-refractivity contribution in [3.05, 3.63) is 27.1 Å². The number of ether oxygens (including phenoxy) is 1. The SMILES string of the molecule is CCOC(=O)CN(C(=O)c1csc([N+](=O)[O-])c1)C(C)C. The molecule has 0 atom stereocenters. The van der Waals surface area contributed by atoms with Gasteiger partial charge in [-0.2, -0.15) is 0 Å². The summed E-state index contributed by atoms with van der Waals surface area (Å²) < 4.78 is 4.81. The summed E-state index contributed by atoms with van der Waals surface area (Å²) >= 11 is 0.881. The molecule has 1 heterocycles. The Morgan fingerprint density at radius 1 is 1.50 bits per heavy atom. The lowest BCUT2D eigenvalue weighted by atomic mass is 10.2. The molecule has 7 nitrogen and oxygen atoms in total. The van der Waals surface area contributed by atoms with Gasteiger partial charge in [0.1, 0.15) is 6.54 Å². The lowest BCUT2D eigenvalue weighted by Gasteiger charge is -2.25. The molecule has 0 aliphatic rings. The zero-order valence-corrected chi connectivity index (χ0v) is 12.3. The Bertz CT molecular complexity index is 512. The lowest BCUT2D eigenvalue weighted by Crippen LogP contribution is -2.41. The van der Waals surface area contributed by atoms with E-state index in [4.69, 9.17) is 4.74 Å². The molecule has 0 radical (unpaired) electrons. The van der Waals surface area contributed by atoms with Crippen LogP contribution in [0.5, 0.6) is 0 Å². The summed E-state index contributed by atoms with van der Waals surface area (Å²) in [4.78, 5) is 35.1. The summed E-state index contributed by atoms with van der Waals surface area (Å²) in [6, 6.07) is 0.999. The number of rotatable bonds is 6. The predicted molar refractivity (Wildman–Crippen MR) is 73.8 cm³/mol. The van der Waals surface area contributed by atoms with E-state index < -0.39 is 16.8 Å². The molecule has 0 spiro atoms. The van der Waals surface area contributed by atoms with Crippen molar-refractivity contribution in [3.8, 4) is 0 Å². The van der Waals surface area contributed by atoms with Crippen molar-refractivity contribution in [1.82, 2.24) is 4.90 Å². The quantitative estimate of drug-likeness (QED) is 0.456. The highest BCUT2D eigenvalue weighted by Crippen LogP contribution is 2.24. The average Bonchev–Trinajstić information content (AvgIpc) is 2.84. The highest BCUT2D eigenvalue weighted by molar-refractivity contribution is 7.13. The van der Waals surface area contributed by atoms with E-state index in [1.165, 1.54) is 16.3 Å². The maximum Gasteiger partial charge on any atom is 0.325 e. The number of thiophene rings is 1. The second kappa shape index (κ2) is 6.99. The second-order valence-corrected chi connectivity index (χ2v) is 5.15. The highest BCUT2D eigenvalue weighted by atomic mass is 32.1. The molecule has 0 bridgehead atoms. The van der Waals surface area contributed by atoms with Gasteiger partial charge in [0.25, 0.3) is 5.91 Å². The van der Waals surface area contributed by atoms with E-state index in [-0.39, 0.29) is 29.8 Å². The minimum absolute atomic E-state index is 0.104. The normalized spacial score (nSPS) is 10.4. The van der Waals surface area contributed by atoms with Gasteiger partial charge in [-0.15, -0.1) is 0 Å². The fraction of sp³-hybridized carbons (Fsp3) is 0.500. The van der Waals surface area contributed by atoms with Gasteiger partial charge in [-0.3, -0.25) is 19.7 Å². The van der Waals surface area contributed by atoms with Crippen LogP contribution in [0.25, 0.3) is 0 Å². The molecule has 8 heteroatoms. The first-order valence-electron chi connectivity index (χ1n) is 6.06. The number of hydrogen-bond acceptors (Lipinski definition) is 6. The van der Waals surface area contributed by atoms with Crippen LogP contribution >= 0.6 is 11.3 Å². The largest absolute Gasteiger partial charge is 0.465 e. The van der Waals surface area contributed by atoms with Crippen molar-refractivity contribution in [1.29, 1.82) is 0 Å². The average molecular weight is 300 g/mol. The van der Waals surface area contributed by atoms with E-state index in [0.29, 0.717) is 0 Å².